The topological polar surface area (TPSA) is 37.0 Å². The van der Waals surface area contributed by atoms with Gasteiger partial charge in [0.25, 0.3) is 0 Å². The van der Waals surface area contributed by atoms with Crippen molar-refractivity contribution in [1.29, 1.82) is 0 Å². The van der Waals surface area contributed by atoms with E-state index in [2.05, 4.69) is 233 Å². The number of hydrogen-bond donors (Lipinski definition) is 2. The van der Waals surface area contributed by atoms with Crippen molar-refractivity contribution in [1.82, 2.24) is 30.2 Å². The third-order valence-electron chi connectivity index (χ3n) is 12.4. The average Bonchev–Trinajstić information content (AvgIpc) is 3.30. The first-order valence-corrected chi connectivity index (χ1v) is 22.3. The van der Waals surface area contributed by atoms with Crippen LogP contribution in [0.25, 0.3) is 0 Å². The first kappa shape index (κ1) is 43.2. The summed E-state index contributed by atoms with van der Waals surface area (Å²) in [5.41, 5.74) is 7.53. The molecule has 0 amide bonds. The Morgan fingerprint density at radius 2 is 0.700 bits per heavy atom. The van der Waals surface area contributed by atoms with Crippen molar-refractivity contribution in [2.45, 2.75) is 103 Å². The molecule has 6 heteroatoms. The summed E-state index contributed by atoms with van der Waals surface area (Å²) in [5, 5.41) is 8.26. The van der Waals surface area contributed by atoms with Crippen molar-refractivity contribution in [3.05, 3.63) is 215 Å². The van der Waals surface area contributed by atoms with E-state index < -0.39 is 5.66 Å². The number of rotatable bonds is 21. The minimum Gasteiger partial charge on any atom is -0.292 e. The minimum absolute atomic E-state index is 0.111. The third kappa shape index (κ3) is 10.9. The van der Waals surface area contributed by atoms with Gasteiger partial charge in [0.2, 0.25) is 0 Å². The Labute approximate surface area is 360 Å². The molecule has 60 heavy (non-hydrogen) atoms. The van der Waals surface area contributed by atoms with E-state index in [9.17, 15) is 0 Å². The van der Waals surface area contributed by atoms with Crippen LogP contribution in [0.4, 0.5) is 0 Å². The molecule has 1 aliphatic heterocycles. The number of benzene rings is 6. The Kier molecular flexibility index (Phi) is 15.9. The third-order valence-corrected chi connectivity index (χ3v) is 12.4. The molecule has 3 unspecified atom stereocenters. The predicted molar refractivity (Wildman–Crippen MR) is 249 cm³/mol. The van der Waals surface area contributed by atoms with Crippen molar-refractivity contribution in [2.75, 3.05) is 13.3 Å². The highest BCUT2D eigenvalue weighted by molar-refractivity contribution is 5.23. The largest absolute Gasteiger partial charge is 0.292 e. The molecule has 0 saturated carbocycles. The van der Waals surface area contributed by atoms with Gasteiger partial charge in [-0.1, -0.05) is 203 Å². The van der Waals surface area contributed by atoms with E-state index in [1.807, 2.05) is 0 Å². The lowest BCUT2D eigenvalue weighted by atomic mass is 9.81. The molecule has 1 fully saturated rings. The zero-order valence-corrected chi connectivity index (χ0v) is 36.1. The van der Waals surface area contributed by atoms with E-state index in [-0.39, 0.29) is 18.2 Å². The number of nitrogens with zero attached hydrogens (tertiary/aromatic N) is 4. The molecular formula is C54H66N6. The lowest BCUT2D eigenvalue weighted by Gasteiger charge is -2.63. The van der Waals surface area contributed by atoms with Crippen molar-refractivity contribution in [3.8, 4) is 0 Å². The van der Waals surface area contributed by atoms with Gasteiger partial charge in [-0.3, -0.25) is 30.2 Å². The second kappa shape index (κ2) is 22.1. The second-order valence-electron chi connectivity index (χ2n) is 16.4. The van der Waals surface area contributed by atoms with Crippen molar-refractivity contribution in [3.63, 3.8) is 0 Å². The Hall–Kier alpha value is -4.92. The van der Waals surface area contributed by atoms with Gasteiger partial charge in [0.1, 0.15) is 5.66 Å². The highest BCUT2D eigenvalue weighted by atomic mass is 15.5. The lowest BCUT2D eigenvalue weighted by Crippen LogP contribution is -2.83. The normalized spacial score (nSPS) is 17.5. The smallest absolute Gasteiger partial charge is 0.106 e. The van der Waals surface area contributed by atoms with Gasteiger partial charge in [0.15, 0.2) is 0 Å². The van der Waals surface area contributed by atoms with Crippen LogP contribution in [0.15, 0.2) is 182 Å². The molecule has 312 valence electrons. The van der Waals surface area contributed by atoms with Crippen LogP contribution in [0.1, 0.15) is 73.4 Å². The minimum atomic E-state index is -0.478. The van der Waals surface area contributed by atoms with Crippen LogP contribution in [0, 0.1) is 0 Å². The molecule has 6 aromatic rings. The molecule has 6 nitrogen and oxygen atoms in total. The maximum Gasteiger partial charge on any atom is 0.106 e. The maximum atomic E-state index is 4.39. The molecule has 2 N–H and O–H groups in total. The zero-order valence-electron chi connectivity index (χ0n) is 36.1. The molecule has 0 bridgehead atoms. The Bertz CT molecular complexity index is 1850. The standard InChI is InChI=1S/C54H66N6/c1-4-51(57(37-45-25-13-7-14-26-45)38-46-27-15-8-16-28-46)54(52(5-2)58(39-47-29-17-9-18-30-47)40-48-31-19-10-20-32-48)56-43-55-44-60(54)53(6-3)59(41-49-33-21-11-22-34-49)42-50-35-23-12-24-36-50/h7-36,51-53,55-56H,4-6,37-44H2,1-3H3. The monoisotopic (exact) mass is 799 g/mol. The quantitative estimate of drug-likeness (QED) is 0.0756. The van der Waals surface area contributed by atoms with Crippen LogP contribution in [0.3, 0.4) is 0 Å². The summed E-state index contributed by atoms with van der Waals surface area (Å²) < 4.78 is 0. The molecule has 0 spiro atoms. The van der Waals surface area contributed by atoms with Gasteiger partial charge in [-0.25, -0.2) is 0 Å². The van der Waals surface area contributed by atoms with Gasteiger partial charge in [-0.2, -0.15) is 0 Å². The van der Waals surface area contributed by atoms with Crippen molar-refractivity contribution in [2.24, 2.45) is 0 Å². The SMILES string of the molecule is CCC(N(Cc1ccccc1)Cc1ccccc1)N1CNCNC1(C(CC)N(Cc1ccccc1)Cc1ccccc1)C(CC)N(Cc1ccccc1)Cc1ccccc1. The van der Waals surface area contributed by atoms with Crippen LogP contribution in [0.5, 0.6) is 0 Å². The van der Waals surface area contributed by atoms with Gasteiger partial charge in [-0.05, 0) is 52.6 Å². The maximum absolute atomic E-state index is 4.39. The van der Waals surface area contributed by atoms with E-state index >= 15 is 0 Å². The average molecular weight is 799 g/mol. The molecule has 3 atom stereocenters. The van der Waals surface area contributed by atoms with E-state index in [1.54, 1.807) is 0 Å². The van der Waals surface area contributed by atoms with Crippen LogP contribution < -0.4 is 10.6 Å². The Morgan fingerprint density at radius 3 is 0.967 bits per heavy atom. The Balaban J connectivity index is 1.42. The summed E-state index contributed by atoms with van der Waals surface area (Å²) in [4.78, 5) is 11.2. The highest BCUT2D eigenvalue weighted by Crippen LogP contribution is 2.39. The molecule has 1 heterocycles. The van der Waals surface area contributed by atoms with E-state index in [4.69, 9.17) is 0 Å². The fourth-order valence-electron chi connectivity index (χ4n) is 9.90. The highest BCUT2D eigenvalue weighted by Gasteiger charge is 2.55. The van der Waals surface area contributed by atoms with Gasteiger partial charge in [0.05, 0.1) is 12.8 Å². The van der Waals surface area contributed by atoms with Crippen molar-refractivity contribution < 1.29 is 0 Å². The van der Waals surface area contributed by atoms with E-state index in [0.29, 0.717) is 0 Å². The van der Waals surface area contributed by atoms with Crippen LogP contribution in [-0.2, 0) is 39.3 Å². The van der Waals surface area contributed by atoms with Gasteiger partial charge in [0, 0.05) is 58.0 Å². The molecule has 0 aromatic heterocycles. The summed E-state index contributed by atoms with van der Waals surface area (Å²) in [6.07, 6.45) is 3.02. The molecule has 0 radical (unpaired) electrons. The summed E-state index contributed by atoms with van der Waals surface area (Å²) in [6.45, 7) is 13.8. The summed E-state index contributed by atoms with van der Waals surface area (Å²) in [5.74, 6) is 0. The second-order valence-corrected chi connectivity index (χ2v) is 16.4. The molecule has 1 aliphatic rings. The van der Waals surface area contributed by atoms with E-state index in [1.165, 1.54) is 33.4 Å². The molecule has 6 aromatic carbocycles. The first-order chi connectivity index (χ1) is 29.6. The fraction of sp³-hybridized carbons (Fsp3) is 0.333. The van der Waals surface area contributed by atoms with E-state index in [0.717, 1.165) is 71.9 Å². The molecular weight excluding hydrogens is 733 g/mol. The first-order valence-electron chi connectivity index (χ1n) is 22.3. The molecule has 7 rings (SSSR count). The van der Waals surface area contributed by atoms with Crippen molar-refractivity contribution >= 4 is 0 Å². The van der Waals surface area contributed by atoms with Gasteiger partial charge >= 0.3 is 0 Å². The summed E-state index contributed by atoms with van der Waals surface area (Å²) >= 11 is 0. The predicted octanol–water partition coefficient (Wildman–Crippen LogP) is 10.5. The van der Waals surface area contributed by atoms with Crippen LogP contribution in [-0.4, -0.2) is 56.8 Å². The number of nitrogens with one attached hydrogen (secondary N) is 2. The lowest BCUT2D eigenvalue weighted by molar-refractivity contribution is -0.164. The summed E-state index contributed by atoms with van der Waals surface area (Å²) in [7, 11) is 0. The van der Waals surface area contributed by atoms with Gasteiger partial charge in [-0.15, -0.1) is 0 Å². The fourth-order valence-corrected chi connectivity index (χ4v) is 9.90. The van der Waals surface area contributed by atoms with Gasteiger partial charge < -0.3 is 0 Å². The van der Waals surface area contributed by atoms with Crippen LogP contribution >= 0.6 is 0 Å². The Morgan fingerprint density at radius 1 is 0.417 bits per heavy atom. The number of hydrogen-bond acceptors (Lipinski definition) is 6. The van der Waals surface area contributed by atoms with Crippen LogP contribution in [0.2, 0.25) is 0 Å². The molecule has 0 aliphatic carbocycles. The molecule has 1 saturated heterocycles. The summed E-state index contributed by atoms with van der Waals surface area (Å²) in [6, 6.07) is 66.9. The zero-order chi connectivity index (χ0) is 41.4.